The average Bonchev–Trinajstić information content (AvgIpc) is 2.23. The summed E-state index contributed by atoms with van der Waals surface area (Å²) < 4.78 is 5.26. The van der Waals surface area contributed by atoms with Gasteiger partial charge >= 0.3 is 0 Å². The fourth-order valence-corrected chi connectivity index (χ4v) is 1.45. The van der Waals surface area contributed by atoms with Gasteiger partial charge in [-0.3, -0.25) is 0 Å². The SMILES string of the molecule is C=c1c(OC)cc(C)c/c1=C/NCCC. The molecule has 0 spiro atoms. The fourth-order valence-electron chi connectivity index (χ4n) is 1.45. The van der Waals surface area contributed by atoms with Gasteiger partial charge in [0.1, 0.15) is 5.75 Å². The van der Waals surface area contributed by atoms with Crippen LogP contribution in [0.4, 0.5) is 0 Å². The van der Waals surface area contributed by atoms with Crippen molar-refractivity contribution in [2.75, 3.05) is 13.7 Å². The lowest BCUT2D eigenvalue weighted by Crippen LogP contribution is -2.28. The van der Waals surface area contributed by atoms with E-state index in [1.165, 1.54) is 5.56 Å². The second kappa shape index (κ2) is 5.44. The third-order valence-electron chi connectivity index (χ3n) is 2.26. The van der Waals surface area contributed by atoms with Crippen LogP contribution in [-0.2, 0) is 0 Å². The number of hydrogen-bond donors (Lipinski definition) is 1. The van der Waals surface area contributed by atoms with Crippen molar-refractivity contribution in [1.29, 1.82) is 0 Å². The highest BCUT2D eigenvalue weighted by Crippen LogP contribution is 2.02. The Morgan fingerprint density at radius 3 is 2.80 bits per heavy atom. The molecule has 0 aliphatic heterocycles. The molecule has 0 aliphatic carbocycles. The van der Waals surface area contributed by atoms with Gasteiger partial charge in [-0.15, -0.1) is 0 Å². The first kappa shape index (κ1) is 11.6. The molecule has 0 bridgehead atoms. The van der Waals surface area contributed by atoms with E-state index in [1.54, 1.807) is 7.11 Å². The predicted molar refractivity (Wildman–Crippen MR) is 65.3 cm³/mol. The molecular weight excluding hydrogens is 186 g/mol. The van der Waals surface area contributed by atoms with E-state index in [1.807, 2.05) is 12.3 Å². The molecule has 82 valence electrons. The van der Waals surface area contributed by atoms with Crippen molar-refractivity contribution < 1.29 is 4.74 Å². The highest BCUT2D eigenvalue weighted by atomic mass is 16.5. The molecule has 0 unspecified atom stereocenters. The zero-order valence-electron chi connectivity index (χ0n) is 9.76. The zero-order chi connectivity index (χ0) is 11.3. The standard InChI is InChI=1S/C13H19NO/c1-5-6-14-9-12-7-10(2)8-13(15-4)11(12)3/h7-9,14H,3,5-6H2,1-2,4H3/b12-9-. The van der Waals surface area contributed by atoms with Crippen LogP contribution in [0.2, 0.25) is 0 Å². The van der Waals surface area contributed by atoms with E-state index in [0.29, 0.717) is 0 Å². The van der Waals surface area contributed by atoms with E-state index in [2.05, 4.69) is 31.8 Å². The van der Waals surface area contributed by atoms with E-state index in [-0.39, 0.29) is 0 Å². The molecule has 0 fully saturated rings. The summed E-state index contributed by atoms with van der Waals surface area (Å²) in [6.07, 6.45) is 3.12. The van der Waals surface area contributed by atoms with Crippen molar-refractivity contribution in [1.82, 2.24) is 5.32 Å². The lowest BCUT2D eigenvalue weighted by atomic mass is 10.1. The Morgan fingerprint density at radius 2 is 2.20 bits per heavy atom. The van der Waals surface area contributed by atoms with Gasteiger partial charge in [-0.1, -0.05) is 13.5 Å². The molecule has 1 rings (SSSR count). The quantitative estimate of drug-likeness (QED) is 0.745. The summed E-state index contributed by atoms with van der Waals surface area (Å²) >= 11 is 0. The molecule has 0 heterocycles. The summed E-state index contributed by atoms with van der Waals surface area (Å²) in [5.74, 6) is 0.847. The number of methoxy groups -OCH3 is 1. The molecule has 1 N–H and O–H groups in total. The maximum atomic E-state index is 5.26. The molecule has 0 radical (unpaired) electrons. The van der Waals surface area contributed by atoms with Gasteiger partial charge in [0.05, 0.1) is 7.11 Å². The maximum absolute atomic E-state index is 5.26. The Labute approximate surface area is 91.3 Å². The number of benzene rings is 1. The molecule has 0 saturated heterocycles. The number of rotatable bonds is 4. The first-order valence-electron chi connectivity index (χ1n) is 5.26. The van der Waals surface area contributed by atoms with E-state index >= 15 is 0 Å². The van der Waals surface area contributed by atoms with Crippen LogP contribution in [0.3, 0.4) is 0 Å². The number of nitrogens with one attached hydrogen (secondary N) is 1. The van der Waals surface area contributed by atoms with Crippen molar-refractivity contribution in [3.05, 3.63) is 28.1 Å². The molecule has 15 heavy (non-hydrogen) atoms. The second-order valence-electron chi connectivity index (χ2n) is 3.63. The molecule has 0 aliphatic rings. The molecule has 1 aromatic carbocycles. The van der Waals surface area contributed by atoms with Gasteiger partial charge in [-0.2, -0.15) is 0 Å². The Hall–Kier alpha value is -1.44. The van der Waals surface area contributed by atoms with Gasteiger partial charge in [0.15, 0.2) is 0 Å². The number of hydrogen-bond acceptors (Lipinski definition) is 2. The largest absolute Gasteiger partial charge is 0.496 e. The lowest BCUT2D eigenvalue weighted by Gasteiger charge is -2.03. The first-order chi connectivity index (χ1) is 7.19. The van der Waals surface area contributed by atoms with Crippen LogP contribution in [0.1, 0.15) is 18.9 Å². The molecule has 0 atom stereocenters. The minimum Gasteiger partial charge on any atom is -0.496 e. The zero-order valence-corrected chi connectivity index (χ0v) is 9.76. The first-order valence-corrected chi connectivity index (χ1v) is 5.26. The van der Waals surface area contributed by atoms with Crippen LogP contribution < -0.4 is 20.5 Å². The van der Waals surface area contributed by atoms with Gasteiger partial charge in [0.25, 0.3) is 0 Å². The molecule has 2 heteroatoms. The van der Waals surface area contributed by atoms with Gasteiger partial charge in [0, 0.05) is 23.2 Å². The molecule has 0 aromatic heterocycles. The normalized spacial score (nSPS) is 11.5. The summed E-state index contributed by atoms with van der Waals surface area (Å²) in [5.41, 5.74) is 1.18. The van der Waals surface area contributed by atoms with E-state index in [4.69, 9.17) is 4.74 Å². The summed E-state index contributed by atoms with van der Waals surface area (Å²) in [5, 5.41) is 5.28. The van der Waals surface area contributed by atoms with Crippen molar-refractivity contribution in [3.63, 3.8) is 0 Å². The van der Waals surface area contributed by atoms with Crippen molar-refractivity contribution in [2.45, 2.75) is 20.3 Å². The number of aryl methyl sites for hydroxylation is 1. The summed E-state index contributed by atoms with van der Waals surface area (Å²) in [4.78, 5) is 0. The minimum atomic E-state index is 0.847. The van der Waals surface area contributed by atoms with E-state index in [9.17, 15) is 0 Å². The molecule has 0 amide bonds. The molecule has 1 aromatic rings. The minimum absolute atomic E-state index is 0.847. The van der Waals surface area contributed by atoms with Crippen molar-refractivity contribution in [3.8, 4) is 5.75 Å². The Balaban J connectivity index is 3.12. The van der Waals surface area contributed by atoms with E-state index in [0.717, 1.165) is 29.2 Å². The fraction of sp³-hybridized carbons (Fsp3) is 0.385. The van der Waals surface area contributed by atoms with Crippen LogP contribution in [0.15, 0.2) is 12.1 Å². The Kier molecular flexibility index (Phi) is 4.22. The van der Waals surface area contributed by atoms with Crippen molar-refractivity contribution >= 4 is 12.8 Å². The van der Waals surface area contributed by atoms with Gasteiger partial charge < -0.3 is 10.1 Å². The third-order valence-corrected chi connectivity index (χ3v) is 2.26. The monoisotopic (exact) mass is 205 g/mol. The topological polar surface area (TPSA) is 21.3 Å². The van der Waals surface area contributed by atoms with Gasteiger partial charge in [-0.05, 0) is 31.0 Å². The molecule has 2 nitrogen and oxygen atoms in total. The van der Waals surface area contributed by atoms with Crippen LogP contribution in [-0.4, -0.2) is 13.7 Å². The Bertz CT molecular complexity index is 423. The van der Waals surface area contributed by atoms with Crippen LogP contribution in [0, 0.1) is 6.92 Å². The number of ether oxygens (including phenoxy) is 1. The summed E-state index contributed by atoms with van der Waals surface area (Å²) in [7, 11) is 1.67. The van der Waals surface area contributed by atoms with Gasteiger partial charge in [0.2, 0.25) is 0 Å². The molecule has 0 saturated carbocycles. The summed E-state index contributed by atoms with van der Waals surface area (Å²) in [6, 6.07) is 4.10. The lowest BCUT2D eigenvalue weighted by molar-refractivity contribution is 0.410. The third kappa shape index (κ3) is 3.01. The average molecular weight is 205 g/mol. The highest BCUT2D eigenvalue weighted by molar-refractivity contribution is 5.37. The van der Waals surface area contributed by atoms with Crippen molar-refractivity contribution in [2.24, 2.45) is 0 Å². The summed E-state index contributed by atoms with van der Waals surface area (Å²) in [6.45, 7) is 9.19. The predicted octanol–water partition coefficient (Wildman–Crippen LogP) is 1.15. The van der Waals surface area contributed by atoms with E-state index < -0.39 is 0 Å². The highest BCUT2D eigenvalue weighted by Gasteiger charge is 1.95. The van der Waals surface area contributed by atoms with Crippen LogP contribution in [0.25, 0.3) is 12.8 Å². The molecular formula is C13H19NO. The maximum Gasteiger partial charge on any atom is 0.126 e. The van der Waals surface area contributed by atoms with Crippen LogP contribution >= 0.6 is 0 Å². The Morgan fingerprint density at radius 1 is 1.47 bits per heavy atom. The van der Waals surface area contributed by atoms with Gasteiger partial charge in [-0.25, -0.2) is 0 Å². The smallest absolute Gasteiger partial charge is 0.126 e. The second-order valence-corrected chi connectivity index (χ2v) is 3.63. The van der Waals surface area contributed by atoms with Crippen LogP contribution in [0.5, 0.6) is 5.75 Å².